The number of phosphoric acid groups is 2. The number of rotatable bonds is 66. The first-order chi connectivity index (χ1) is 42.4. The zero-order valence-electron chi connectivity index (χ0n) is 56.5. The third-order valence-corrected chi connectivity index (χ3v) is 18.0. The van der Waals surface area contributed by atoms with Crippen LogP contribution >= 0.6 is 15.6 Å². The monoisotopic (exact) mass is 1290 g/mol. The highest BCUT2D eigenvalue weighted by Crippen LogP contribution is 2.45. The first-order valence-electron chi connectivity index (χ1n) is 35.4. The summed E-state index contributed by atoms with van der Waals surface area (Å²) in [5.41, 5.74) is 0. The normalized spacial score (nSPS) is 15.0. The van der Waals surface area contributed by atoms with Crippen molar-refractivity contribution >= 4 is 39.5 Å². The second-order valence-electron chi connectivity index (χ2n) is 24.7. The van der Waals surface area contributed by atoms with Crippen molar-refractivity contribution in [3.05, 3.63) is 24.3 Å². The molecule has 0 aliphatic carbocycles. The van der Waals surface area contributed by atoms with Gasteiger partial charge in [0.15, 0.2) is 12.2 Å². The van der Waals surface area contributed by atoms with Crippen molar-refractivity contribution in [2.24, 2.45) is 11.8 Å². The van der Waals surface area contributed by atoms with Crippen LogP contribution in [-0.4, -0.2) is 96.7 Å². The molecule has 0 aromatic carbocycles. The summed E-state index contributed by atoms with van der Waals surface area (Å²) >= 11 is 0. The van der Waals surface area contributed by atoms with E-state index in [0.717, 1.165) is 121 Å². The third kappa shape index (κ3) is 59.8. The van der Waals surface area contributed by atoms with Crippen molar-refractivity contribution in [3.8, 4) is 0 Å². The van der Waals surface area contributed by atoms with Gasteiger partial charge >= 0.3 is 39.5 Å². The van der Waals surface area contributed by atoms with Crippen molar-refractivity contribution in [1.29, 1.82) is 0 Å². The maximum atomic E-state index is 13.0. The standard InChI is InChI=1S/C69H130O17P2/c1-7-11-13-15-17-19-21-22-23-24-26-28-34-42-48-54-69(74)85-64(57-79-66(71)51-45-39-32-30-29-31-37-43-49-61(5)9-3)59-83-87(75,76)81-55-63(70)56-82-88(77,78)84-60-65(58-80-67(72)52-46-40-36-35-38-44-50-62(6)10-4)86-68(73)53-47-41-33-27-25-20-18-16-14-12-8-2/h19,21-23,61-65,70H,7-18,20,24-60H2,1-6H3,(H,75,76)(H,77,78)/b21-19-,23-22-/t61?,62?,63-,64-,65-/m1/s1. The summed E-state index contributed by atoms with van der Waals surface area (Å²) < 4.78 is 68.2. The fraction of sp³-hybridized carbons (Fsp3) is 0.884. The molecule has 0 saturated carbocycles. The number of esters is 4. The largest absolute Gasteiger partial charge is 0.472 e. The van der Waals surface area contributed by atoms with Gasteiger partial charge in [-0.3, -0.25) is 37.3 Å². The zero-order valence-corrected chi connectivity index (χ0v) is 58.3. The average Bonchev–Trinajstić information content (AvgIpc) is 3.63. The lowest BCUT2D eigenvalue weighted by molar-refractivity contribution is -0.161. The average molecular weight is 1290 g/mol. The molecule has 0 amide bonds. The van der Waals surface area contributed by atoms with E-state index >= 15 is 0 Å². The highest BCUT2D eigenvalue weighted by Gasteiger charge is 2.30. The van der Waals surface area contributed by atoms with Gasteiger partial charge in [-0.2, -0.15) is 0 Å². The van der Waals surface area contributed by atoms with Crippen LogP contribution in [0.15, 0.2) is 24.3 Å². The summed E-state index contributed by atoms with van der Waals surface area (Å²) in [7, 11) is -9.91. The molecule has 0 radical (unpaired) electrons. The topological polar surface area (TPSA) is 237 Å². The summed E-state index contributed by atoms with van der Waals surface area (Å²) in [6, 6.07) is 0. The van der Waals surface area contributed by atoms with Gasteiger partial charge in [0.05, 0.1) is 26.4 Å². The second-order valence-corrected chi connectivity index (χ2v) is 27.6. The van der Waals surface area contributed by atoms with Gasteiger partial charge in [0, 0.05) is 25.7 Å². The number of aliphatic hydroxyl groups excluding tert-OH is 1. The second kappa shape index (κ2) is 60.8. The highest BCUT2D eigenvalue weighted by atomic mass is 31.2. The molecule has 0 saturated heterocycles. The van der Waals surface area contributed by atoms with Gasteiger partial charge < -0.3 is 33.8 Å². The van der Waals surface area contributed by atoms with Crippen molar-refractivity contribution in [3.63, 3.8) is 0 Å². The van der Waals surface area contributed by atoms with E-state index in [2.05, 4.69) is 65.8 Å². The summed E-state index contributed by atoms with van der Waals surface area (Å²) in [5.74, 6) is -0.654. The van der Waals surface area contributed by atoms with Crippen LogP contribution in [0.3, 0.4) is 0 Å². The van der Waals surface area contributed by atoms with Gasteiger partial charge in [0.2, 0.25) is 0 Å². The Bertz CT molecular complexity index is 1810. The molecular weight excluding hydrogens is 1160 g/mol. The van der Waals surface area contributed by atoms with Crippen molar-refractivity contribution in [2.45, 2.75) is 342 Å². The quantitative estimate of drug-likeness (QED) is 0.0169. The van der Waals surface area contributed by atoms with E-state index in [1.807, 2.05) is 0 Å². The minimum atomic E-state index is -4.96. The first kappa shape index (κ1) is 85.5. The Morgan fingerprint density at radius 1 is 0.364 bits per heavy atom. The van der Waals surface area contributed by atoms with Crippen LogP contribution in [0.1, 0.15) is 324 Å². The minimum absolute atomic E-state index is 0.0843. The number of aliphatic hydroxyl groups is 1. The lowest BCUT2D eigenvalue weighted by atomic mass is 9.99. The van der Waals surface area contributed by atoms with E-state index in [9.17, 15) is 43.2 Å². The third-order valence-electron chi connectivity index (χ3n) is 16.1. The molecule has 0 spiro atoms. The van der Waals surface area contributed by atoms with E-state index in [-0.39, 0.29) is 25.7 Å². The molecule has 88 heavy (non-hydrogen) atoms. The Morgan fingerprint density at radius 2 is 0.636 bits per heavy atom. The van der Waals surface area contributed by atoms with Crippen LogP contribution in [0, 0.1) is 11.8 Å². The Hall–Kier alpha value is -2.46. The van der Waals surface area contributed by atoms with Crippen LogP contribution in [-0.2, 0) is 65.4 Å². The van der Waals surface area contributed by atoms with Gasteiger partial charge in [0.1, 0.15) is 19.3 Å². The van der Waals surface area contributed by atoms with Gasteiger partial charge in [-0.05, 0) is 63.2 Å². The smallest absolute Gasteiger partial charge is 0.462 e. The molecule has 0 rings (SSSR count). The summed E-state index contributed by atoms with van der Waals surface area (Å²) in [6.07, 6.45) is 47.9. The lowest BCUT2D eigenvalue weighted by Gasteiger charge is -2.21. The molecule has 7 atom stereocenters. The summed E-state index contributed by atoms with van der Waals surface area (Å²) in [4.78, 5) is 72.4. The van der Waals surface area contributed by atoms with Crippen LogP contribution in [0.4, 0.5) is 0 Å². The van der Waals surface area contributed by atoms with Gasteiger partial charge in [-0.25, -0.2) is 9.13 Å². The van der Waals surface area contributed by atoms with E-state index < -0.39 is 97.5 Å². The molecule has 0 heterocycles. The van der Waals surface area contributed by atoms with Gasteiger partial charge in [-0.15, -0.1) is 0 Å². The maximum Gasteiger partial charge on any atom is 0.472 e. The van der Waals surface area contributed by atoms with Crippen LogP contribution < -0.4 is 0 Å². The number of carbonyl (C=O) groups excluding carboxylic acids is 4. The number of unbranched alkanes of at least 4 members (excludes halogenated alkanes) is 31. The lowest BCUT2D eigenvalue weighted by Crippen LogP contribution is -2.30. The van der Waals surface area contributed by atoms with E-state index in [1.54, 1.807) is 0 Å². The van der Waals surface area contributed by atoms with Crippen LogP contribution in [0.2, 0.25) is 0 Å². The molecule has 19 heteroatoms. The first-order valence-corrected chi connectivity index (χ1v) is 38.4. The number of allylic oxidation sites excluding steroid dienone is 4. The fourth-order valence-electron chi connectivity index (χ4n) is 9.81. The fourth-order valence-corrected chi connectivity index (χ4v) is 11.4. The predicted octanol–water partition coefficient (Wildman–Crippen LogP) is 19.2. The molecule has 0 aromatic heterocycles. The molecular formula is C69H130O17P2. The summed E-state index contributed by atoms with van der Waals surface area (Å²) in [6.45, 7) is 9.42. The van der Waals surface area contributed by atoms with Crippen molar-refractivity contribution in [2.75, 3.05) is 39.6 Å². The van der Waals surface area contributed by atoms with E-state index in [4.69, 9.17) is 37.0 Å². The molecule has 17 nitrogen and oxygen atoms in total. The Kier molecular flexibility index (Phi) is 59.1. The number of ether oxygens (including phenoxy) is 4. The number of carbonyl (C=O) groups is 4. The Morgan fingerprint density at radius 3 is 0.966 bits per heavy atom. The van der Waals surface area contributed by atoms with Crippen molar-refractivity contribution < 1.29 is 80.2 Å². The SMILES string of the molecule is CCCCCC/C=C\C=C/CCCCCCCC(=O)O[C@H](COC(=O)CCCCCCCCCCC(C)CC)COP(=O)(O)OC[C@@H](O)COP(=O)(O)OC[C@@H](COC(=O)CCCCCCCCC(C)CC)OC(=O)CCCCCCCCCCCCC. The molecule has 518 valence electrons. The Balaban J connectivity index is 5.30. The zero-order chi connectivity index (χ0) is 65.0. The molecule has 0 aliphatic rings. The predicted molar refractivity (Wildman–Crippen MR) is 354 cm³/mol. The van der Waals surface area contributed by atoms with E-state index in [0.29, 0.717) is 25.7 Å². The van der Waals surface area contributed by atoms with Crippen LogP contribution in [0.25, 0.3) is 0 Å². The summed E-state index contributed by atoms with van der Waals surface area (Å²) in [5, 5.41) is 10.6. The van der Waals surface area contributed by atoms with Gasteiger partial charge in [0.25, 0.3) is 0 Å². The van der Waals surface area contributed by atoms with Crippen molar-refractivity contribution in [1.82, 2.24) is 0 Å². The van der Waals surface area contributed by atoms with Crippen LogP contribution in [0.5, 0.6) is 0 Å². The Labute approximate surface area is 535 Å². The number of hydrogen-bond donors (Lipinski definition) is 3. The number of phosphoric ester groups is 2. The minimum Gasteiger partial charge on any atom is -0.462 e. The molecule has 0 bridgehead atoms. The maximum absolute atomic E-state index is 13.0. The van der Waals surface area contributed by atoms with Gasteiger partial charge in [-0.1, -0.05) is 271 Å². The highest BCUT2D eigenvalue weighted by molar-refractivity contribution is 7.47. The molecule has 0 fully saturated rings. The number of hydrogen-bond acceptors (Lipinski definition) is 15. The molecule has 0 aromatic rings. The molecule has 3 N–H and O–H groups in total. The molecule has 4 unspecified atom stereocenters. The van der Waals surface area contributed by atoms with E-state index in [1.165, 1.54) is 122 Å². The molecule has 0 aliphatic heterocycles.